The second-order valence-electron chi connectivity index (χ2n) is 13.7. The molecule has 0 amide bonds. The number of hydrogen-bond acceptors (Lipinski definition) is 13. The van der Waals surface area contributed by atoms with Gasteiger partial charge in [0.05, 0.1) is 60.6 Å². The lowest BCUT2D eigenvalue weighted by Crippen LogP contribution is -2.42. The summed E-state index contributed by atoms with van der Waals surface area (Å²) in [5.41, 5.74) is 0.856. The Morgan fingerprint density at radius 3 is 2.58 bits per heavy atom. The molecule has 0 saturated heterocycles. The van der Waals surface area contributed by atoms with Crippen molar-refractivity contribution in [3.63, 3.8) is 0 Å². The highest BCUT2D eigenvalue weighted by atomic mass is 16.6. The predicted octanol–water partition coefficient (Wildman–Crippen LogP) is 1.10. The number of benzene rings is 2. The first-order valence-corrected chi connectivity index (χ1v) is 17.7. The molecule has 0 bridgehead atoms. The largest absolute Gasteiger partial charge is 0.492 e. The molecular formula is C39H45NO12. The second-order valence-corrected chi connectivity index (χ2v) is 13.7. The third-order valence-corrected chi connectivity index (χ3v) is 10.3. The Morgan fingerprint density at radius 2 is 1.88 bits per heavy atom. The van der Waals surface area contributed by atoms with Crippen LogP contribution in [0.1, 0.15) is 74.1 Å². The summed E-state index contributed by atoms with van der Waals surface area (Å²) < 4.78 is 24.3. The lowest BCUT2D eigenvalue weighted by atomic mass is 9.71. The van der Waals surface area contributed by atoms with Crippen molar-refractivity contribution >= 4 is 29.7 Å². The average Bonchev–Trinajstić information content (AvgIpc) is 3.81. The van der Waals surface area contributed by atoms with Gasteiger partial charge in [0.1, 0.15) is 29.1 Å². The molecule has 0 spiro atoms. The molecule has 0 radical (unpaired) electrons. The van der Waals surface area contributed by atoms with E-state index in [-0.39, 0.29) is 104 Å². The molecule has 3 heterocycles. The van der Waals surface area contributed by atoms with Crippen molar-refractivity contribution in [2.75, 3.05) is 39.6 Å². The van der Waals surface area contributed by atoms with Crippen LogP contribution in [0.4, 0.5) is 0 Å². The first kappa shape index (κ1) is 37.4. The van der Waals surface area contributed by atoms with Crippen LogP contribution < -0.4 is 24.8 Å². The number of ketones is 1. The van der Waals surface area contributed by atoms with Crippen molar-refractivity contribution in [2.24, 2.45) is 10.9 Å². The lowest BCUT2D eigenvalue weighted by Gasteiger charge is -2.34. The maximum Gasteiger partial charge on any atom is 0.375 e. The average molecular weight is 720 g/mol. The molecule has 1 aliphatic carbocycles. The molecule has 3 aliphatic heterocycles. The lowest BCUT2D eigenvalue weighted by molar-refractivity contribution is -0.141. The van der Waals surface area contributed by atoms with Crippen molar-refractivity contribution in [3.8, 4) is 17.2 Å². The second kappa shape index (κ2) is 15.7. The number of fused-ring (bicyclic) bond motifs is 3. The van der Waals surface area contributed by atoms with Crippen LogP contribution in [-0.2, 0) is 32.1 Å². The molecule has 278 valence electrons. The van der Waals surface area contributed by atoms with Gasteiger partial charge in [-0.25, -0.2) is 4.79 Å². The summed E-state index contributed by atoms with van der Waals surface area (Å²) in [5, 5.41) is 53.7. The zero-order valence-corrected chi connectivity index (χ0v) is 29.4. The molecule has 5 N–H and O–H groups in total. The minimum absolute atomic E-state index is 0.0187. The number of Topliss-reactive ketones (excluding diaryl/α,β-unsaturated/α-hetero) is 1. The van der Waals surface area contributed by atoms with Gasteiger partial charge in [-0.05, 0) is 62.4 Å². The van der Waals surface area contributed by atoms with Gasteiger partial charge in [-0.15, -0.1) is 0 Å². The molecule has 1 saturated carbocycles. The van der Waals surface area contributed by atoms with Crippen LogP contribution in [0.15, 0.2) is 40.1 Å². The number of hydrogen-bond donors (Lipinski definition) is 5. The Labute approximate surface area is 300 Å². The molecular weight excluding hydrogens is 674 g/mol. The zero-order valence-electron chi connectivity index (χ0n) is 29.4. The first-order valence-electron chi connectivity index (χ1n) is 17.7. The normalized spacial score (nSPS) is 23.0. The van der Waals surface area contributed by atoms with Gasteiger partial charge in [0, 0.05) is 49.0 Å². The maximum atomic E-state index is 13.9. The minimum Gasteiger partial charge on any atom is -0.492 e. The van der Waals surface area contributed by atoms with Crippen LogP contribution in [0.3, 0.4) is 0 Å². The molecule has 52 heavy (non-hydrogen) atoms. The monoisotopic (exact) mass is 719 g/mol. The van der Waals surface area contributed by atoms with Crippen molar-refractivity contribution < 1.29 is 58.9 Å². The summed E-state index contributed by atoms with van der Waals surface area (Å²) in [4.78, 5) is 45.0. The topological polar surface area (TPSA) is 202 Å². The SMILES string of the molecule is CCOC(=O)C1=C(C=O)C(=C2CC(CO)C(=O)C(c3ccc4c(c3)=CCN=4)C2)c2c(OCCCO)c3c(c(CO)c2O1)OC(C(C)(O)CCCO)C3. The quantitative estimate of drug-likeness (QED) is 0.106. The highest BCUT2D eigenvalue weighted by Gasteiger charge is 2.46. The van der Waals surface area contributed by atoms with E-state index in [0.717, 1.165) is 10.6 Å². The van der Waals surface area contributed by atoms with E-state index in [1.807, 2.05) is 24.3 Å². The van der Waals surface area contributed by atoms with Gasteiger partial charge in [0.15, 0.2) is 6.29 Å². The minimum atomic E-state index is -1.41. The Kier molecular flexibility index (Phi) is 11.3. The summed E-state index contributed by atoms with van der Waals surface area (Å²) in [6, 6.07) is 5.60. The van der Waals surface area contributed by atoms with E-state index in [2.05, 4.69) is 4.99 Å². The number of ether oxygens (including phenoxy) is 4. The number of carbonyl (C=O) groups is 3. The number of allylic oxidation sites excluding steroid dienone is 3. The third-order valence-electron chi connectivity index (χ3n) is 10.3. The fraction of sp³-hybridized carbons (Fsp3) is 0.487. The van der Waals surface area contributed by atoms with Gasteiger partial charge in [0.25, 0.3) is 0 Å². The number of carbonyl (C=O) groups excluding carboxylic acids is 3. The molecule has 2 aromatic rings. The van der Waals surface area contributed by atoms with Crippen molar-refractivity contribution in [1.82, 2.24) is 0 Å². The summed E-state index contributed by atoms with van der Waals surface area (Å²) in [6.07, 6.45) is 2.68. The Morgan fingerprint density at radius 1 is 1.10 bits per heavy atom. The number of nitrogens with zero attached hydrogens (tertiary/aromatic N) is 1. The highest BCUT2D eigenvalue weighted by molar-refractivity contribution is 6.11. The summed E-state index contributed by atoms with van der Waals surface area (Å²) >= 11 is 0. The molecule has 2 aromatic carbocycles. The fourth-order valence-corrected chi connectivity index (χ4v) is 7.64. The van der Waals surface area contributed by atoms with Crippen molar-refractivity contribution in [3.05, 3.63) is 67.9 Å². The summed E-state index contributed by atoms with van der Waals surface area (Å²) in [5.74, 6) is -2.69. The Hall–Kier alpha value is -4.40. The molecule has 1 fully saturated rings. The Balaban J connectivity index is 1.63. The van der Waals surface area contributed by atoms with E-state index in [9.17, 15) is 39.9 Å². The van der Waals surface area contributed by atoms with Gasteiger partial charge in [-0.1, -0.05) is 17.7 Å². The summed E-state index contributed by atoms with van der Waals surface area (Å²) in [7, 11) is 0. The molecule has 4 atom stereocenters. The van der Waals surface area contributed by atoms with Crippen LogP contribution in [0.2, 0.25) is 0 Å². The van der Waals surface area contributed by atoms with Crippen LogP contribution in [0.25, 0.3) is 11.6 Å². The third kappa shape index (κ3) is 6.79. The van der Waals surface area contributed by atoms with Crippen molar-refractivity contribution in [2.45, 2.75) is 76.6 Å². The zero-order chi connectivity index (χ0) is 37.2. The van der Waals surface area contributed by atoms with Crippen LogP contribution in [0, 0.1) is 5.92 Å². The van der Waals surface area contributed by atoms with Crippen molar-refractivity contribution in [1.29, 1.82) is 0 Å². The van der Waals surface area contributed by atoms with Gasteiger partial charge >= 0.3 is 5.97 Å². The highest BCUT2D eigenvalue weighted by Crippen LogP contribution is 2.57. The number of aldehydes is 1. The molecule has 4 aliphatic rings. The van der Waals surface area contributed by atoms with E-state index in [1.165, 1.54) is 0 Å². The molecule has 0 aromatic heterocycles. The smallest absolute Gasteiger partial charge is 0.375 e. The van der Waals surface area contributed by atoms with E-state index in [1.54, 1.807) is 13.8 Å². The van der Waals surface area contributed by atoms with Crippen LogP contribution >= 0.6 is 0 Å². The molecule has 4 unspecified atom stereocenters. The Bertz CT molecular complexity index is 1940. The van der Waals surface area contributed by atoms with Crippen LogP contribution in [0.5, 0.6) is 17.2 Å². The van der Waals surface area contributed by atoms with E-state index in [0.29, 0.717) is 36.0 Å². The van der Waals surface area contributed by atoms with E-state index < -0.39 is 48.5 Å². The van der Waals surface area contributed by atoms with Gasteiger partial charge in [-0.2, -0.15) is 0 Å². The standard InChI is InChI=1S/C39H45NO12/c1-3-49-38(47)37-27(19-44)31(23-15-24(18-43)33(46)25(16-23)21-6-7-29-22(14-21)8-10-40-29)32-35(50-13-5-12-42)26-17-30(39(2,48)9-4-11-41)51-34(26)28(20-45)36(32)52-37/h6-8,14,19,24-25,30,41-43,45,48H,3-5,9-13,15-18,20H2,1-2H3. The first-order chi connectivity index (χ1) is 25.1. The maximum absolute atomic E-state index is 13.9. The number of esters is 1. The van der Waals surface area contributed by atoms with Gasteiger partial charge in [0.2, 0.25) is 5.76 Å². The van der Waals surface area contributed by atoms with E-state index >= 15 is 0 Å². The summed E-state index contributed by atoms with van der Waals surface area (Å²) in [6.45, 7) is 2.33. The number of aliphatic hydroxyl groups is 5. The van der Waals surface area contributed by atoms with Crippen LogP contribution in [-0.4, -0.2) is 94.9 Å². The van der Waals surface area contributed by atoms with Gasteiger partial charge < -0.3 is 44.5 Å². The number of aliphatic hydroxyl groups excluding tert-OH is 4. The fourth-order valence-electron chi connectivity index (χ4n) is 7.64. The molecule has 13 heteroatoms. The predicted molar refractivity (Wildman–Crippen MR) is 186 cm³/mol. The number of rotatable bonds is 14. The van der Waals surface area contributed by atoms with E-state index in [4.69, 9.17) is 18.9 Å². The molecule has 6 rings (SSSR count). The van der Waals surface area contributed by atoms with Gasteiger partial charge in [-0.3, -0.25) is 14.6 Å². The molecule has 13 nitrogen and oxygen atoms in total.